The highest BCUT2D eigenvalue weighted by Crippen LogP contribution is 2.23. The zero-order valence-corrected chi connectivity index (χ0v) is 13.5. The van der Waals surface area contributed by atoms with E-state index in [4.69, 9.17) is 4.74 Å². The molecule has 2 atom stereocenters. The van der Waals surface area contributed by atoms with Gasteiger partial charge in [-0.05, 0) is 51.7 Å². The number of hydrogen-bond acceptors (Lipinski definition) is 4. The Labute approximate surface area is 128 Å². The fraction of sp³-hybridized carbons (Fsp3) is 0.647. The average molecular weight is 292 g/mol. The van der Waals surface area contributed by atoms with Crippen molar-refractivity contribution >= 4 is 0 Å². The van der Waals surface area contributed by atoms with Crippen LogP contribution in [0.15, 0.2) is 24.3 Å². The summed E-state index contributed by atoms with van der Waals surface area (Å²) in [5.74, 6) is 1.28. The molecule has 1 heterocycles. The molecular formula is C17H28N2O2. The van der Waals surface area contributed by atoms with Crippen LogP contribution in [-0.2, 0) is 6.54 Å². The van der Waals surface area contributed by atoms with Gasteiger partial charge in [-0.2, -0.15) is 0 Å². The summed E-state index contributed by atoms with van der Waals surface area (Å²) in [7, 11) is 4.21. The van der Waals surface area contributed by atoms with E-state index in [1.165, 1.54) is 5.56 Å². The Morgan fingerprint density at radius 2 is 2.19 bits per heavy atom. The minimum Gasteiger partial charge on any atom is -0.494 e. The van der Waals surface area contributed by atoms with Gasteiger partial charge in [-0.3, -0.25) is 4.90 Å². The Hall–Kier alpha value is -1.10. The van der Waals surface area contributed by atoms with E-state index in [9.17, 15) is 5.11 Å². The van der Waals surface area contributed by atoms with E-state index in [2.05, 4.69) is 42.1 Å². The smallest absolute Gasteiger partial charge is 0.119 e. The van der Waals surface area contributed by atoms with Crippen LogP contribution >= 0.6 is 0 Å². The molecule has 21 heavy (non-hydrogen) atoms. The number of rotatable bonds is 6. The molecule has 1 aromatic rings. The fourth-order valence-corrected chi connectivity index (χ4v) is 3.26. The lowest BCUT2D eigenvalue weighted by molar-refractivity contribution is 0.0454. The second kappa shape index (κ2) is 7.78. The summed E-state index contributed by atoms with van der Waals surface area (Å²) in [6.07, 6.45) is 1.11. The second-order valence-electron chi connectivity index (χ2n) is 6.08. The summed E-state index contributed by atoms with van der Waals surface area (Å²) < 4.78 is 5.56. The molecule has 1 saturated heterocycles. The molecule has 1 fully saturated rings. The third kappa shape index (κ3) is 4.43. The number of likely N-dealkylation sites (tertiary alicyclic amines) is 1. The van der Waals surface area contributed by atoms with Crippen LogP contribution in [0, 0.1) is 5.92 Å². The average Bonchev–Trinajstić information content (AvgIpc) is 2.47. The number of aliphatic hydroxyl groups excluding tert-OH is 1. The molecule has 118 valence electrons. The van der Waals surface area contributed by atoms with Gasteiger partial charge in [-0.25, -0.2) is 0 Å². The number of ether oxygens (including phenoxy) is 1. The monoisotopic (exact) mass is 292 g/mol. The molecule has 4 heteroatoms. The molecule has 1 N–H and O–H groups in total. The zero-order chi connectivity index (χ0) is 15.2. The first-order valence-electron chi connectivity index (χ1n) is 7.85. The number of hydrogen-bond donors (Lipinski definition) is 1. The normalized spacial score (nSPS) is 23.5. The van der Waals surface area contributed by atoms with E-state index >= 15 is 0 Å². The van der Waals surface area contributed by atoms with E-state index in [1.54, 1.807) is 0 Å². The molecular weight excluding hydrogens is 264 g/mol. The van der Waals surface area contributed by atoms with E-state index in [1.807, 2.05) is 13.0 Å². The van der Waals surface area contributed by atoms with Crippen LogP contribution in [0.1, 0.15) is 18.9 Å². The van der Waals surface area contributed by atoms with E-state index < -0.39 is 0 Å². The molecule has 2 rings (SSSR count). The van der Waals surface area contributed by atoms with Gasteiger partial charge in [0, 0.05) is 31.7 Å². The Kier molecular flexibility index (Phi) is 6.03. The van der Waals surface area contributed by atoms with Crippen molar-refractivity contribution in [2.24, 2.45) is 5.92 Å². The Morgan fingerprint density at radius 1 is 1.38 bits per heavy atom. The molecule has 1 aromatic carbocycles. The van der Waals surface area contributed by atoms with Crippen LogP contribution < -0.4 is 4.74 Å². The van der Waals surface area contributed by atoms with Crippen LogP contribution in [0.25, 0.3) is 0 Å². The summed E-state index contributed by atoms with van der Waals surface area (Å²) in [4.78, 5) is 4.68. The maximum absolute atomic E-state index is 9.63. The molecule has 1 aliphatic rings. The molecule has 4 nitrogen and oxygen atoms in total. The van der Waals surface area contributed by atoms with Gasteiger partial charge < -0.3 is 14.7 Å². The number of piperidine rings is 1. The first kappa shape index (κ1) is 16.3. The second-order valence-corrected chi connectivity index (χ2v) is 6.08. The van der Waals surface area contributed by atoms with Gasteiger partial charge in [-0.15, -0.1) is 0 Å². The highest BCUT2D eigenvalue weighted by molar-refractivity contribution is 5.28. The van der Waals surface area contributed by atoms with Crippen molar-refractivity contribution in [1.82, 2.24) is 9.80 Å². The largest absolute Gasteiger partial charge is 0.494 e. The van der Waals surface area contributed by atoms with Gasteiger partial charge in [0.05, 0.1) is 6.61 Å². The maximum Gasteiger partial charge on any atom is 0.119 e. The van der Waals surface area contributed by atoms with Gasteiger partial charge >= 0.3 is 0 Å². The van der Waals surface area contributed by atoms with Crippen LogP contribution in [0.2, 0.25) is 0 Å². The molecule has 0 bridgehead atoms. The quantitative estimate of drug-likeness (QED) is 0.868. The topological polar surface area (TPSA) is 35.9 Å². The summed E-state index contributed by atoms with van der Waals surface area (Å²) >= 11 is 0. The Morgan fingerprint density at radius 3 is 2.86 bits per heavy atom. The van der Waals surface area contributed by atoms with Crippen LogP contribution in [-0.4, -0.2) is 61.3 Å². The van der Waals surface area contributed by atoms with Crippen molar-refractivity contribution in [3.05, 3.63) is 29.8 Å². The SMILES string of the molecule is CCOc1cccc(CN2CC[C@@H](N(C)C)[C@@H](CO)C2)c1. The van der Waals surface area contributed by atoms with Crippen molar-refractivity contribution in [3.8, 4) is 5.75 Å². The molecule has 0 aromatic heterocycles. The molecule has 0 amide bonds. The molecule has 0 unspecified atom stereocenters. The highest BCUT2D eigenvalue weighted by Gasteiger charge is 2.29. The van der Waals surface area contributed by atoms with E-state index in [0.717, 1.165) is 31.8 Å². The van der Waals surface area contributed by atoms with Crippen molar-refractivity contribution in [1.29, 1.82) is 0 Å². The minimum atomic E-state index is 0.262. The maximum atomic E-state index is 9.63. The highest BCUT2D eigenvalue weighted by atomic mass is 16.5. The van der Waals surface area contributed by atoms with Crippen molar-refractivity contribution < 1.29 is 9.84 Å². The predicted molar refractivity (Wildman–Crippen MR) is 85.6 cm³/mol. The standard InChI is InChI=1S/C17H28N2O2/c1-4-21-16-7-5-6-14(10-16)11-19-9-8-17(18(2)3)15(12-19)13-20/h5-7,10,15,17,20H,4,8-9,11-13H2,1-3H3/t15-,17-/m1/s1. The predicted octanol–water partition coefficient (Wildman–Crippen LogP) is 1.83. The number of benzene rings is 1. The van der Waals surface area contributed by atoms with Crippen molar-refractivity contribution in [3.63, 3.8) is 0 Å². The van der Waals surface area contributed by atoms with Crippen LogP contribution in [0.3, 0.4) is 0 Å². The molecule has 0 aliphatic carbocycles. The van der Waals surface area contributed by atoms with Gasteiger partial charge in [0.15, 0.2) is 0 Å². The zero-order valence-electron chi connectivity index (χ0n) is 13.5. The molecule has 0 radical (unpaired) electrons. The van der Waals surface area contributed by atoms with Crippen LogP contribution in [0.4, 0.5) is 0 Å². The van der Waals surface area contributed by atoms with Gasteiger partial charge in [0.1, 0.15) is 5.75 Å². The summed E-state index contributed by atoms with van der Waals surface area (Å²) in [5.41, 5.74) is 1.28. The first-order valence-corrected chi connectivity index (χ1v) is 7.85. The van der Waals surface area contributed by atoms with E-state index in [-0.39, 0.29) is 6.61 Å². The minimum absolute atomic E-state index is 0.262. The van der Waals surface area contributed by atoms with E-state index in [0.29, 0.717) is 18.6 Å². The molecule has 1 aliphatic heterocycles. The molecule has 0 saturated carbocycles. The lowest BCUT2D eigenvalue weighted by Gasteiger charge is -2.40. The van der Waals surface area contributed by atoms with Gasteiger partial charge in [-0.1, -0.05) is 12.1 Å². The lowest BCUT2D eigenvalue weighted by Crippen LogP contribution is -2.49. The number of nitrogens with zero attached hydrogens (tertiary/aromatic N) is 2. The van der Waals surface area contributed by atoms with Crippen molar-refractivity contribution in [2.75, 3.05) is 40.4 Å². The fourth-order valence-electron chi connectivity index (χ4n) is 3.26. The van der Waals surface area contributed by atoms with Crippen LogP contribution in [0.5, 0.6) is 5.75 Å². The Balaban J connectivity index is 1.96. The summed E-state index contributed by atoms with van der Waals surface area (Å²) in [6.45, 7) is 5.93. The summed E-state index contributed by atoms with van der Waals surface area (Å²) in [6, 6.07) is 8.81. The summed E-state index contributed by atoms with van der Waals surface area (Å²) in [5, 5.41) is 9.63. The number of aliphatic hydroxyl groups is 1. The van der Waals surface area contributed by atoms with Gasteiger partial charge in [0.2, 0.25) is 0 Å². The lowest BCUT2D eigenvalue weighted by atomic mass is 9.91. The Bertz CT molecular complexity index is 437. The first-order chi connectivity index (χ1) is 10.1. The molecule has 0 spiro atoms. The van der Waals surface area contributed by atoms with Gasteiger partial charge in [0.25, 0.3) is 0 Å². The van der Waals surface area contributed by atoms with Crippen molar-refractivity contribution in [2.45, 2.75) is 25.9 Å². The third-order valence-corrected chi connectivity index (χ3v) is 4.29. The third-order valence-electron chi connectivity index (χ3n) is 4.29.